The zero-order chi connectivity index (χ0) is 16.7. The number of thioether (sulfide) groups is 1. The van der Waals surface area contributed by atoms with E-state index in [1.165, 1.54) is 23.1 Å². The Morgan fingerprint density at radius 3 is 3.04 bits per heavy atom. The van der Waals surface area contributed by atoms with E-state index < -0.39 is 0 Å². The lowest BCUT2D eigenvalue weighted by molar-refractivity contribution is 0.534. The average molecular weight is 359 g/mol. The van der Waals surface area contributed by atoms with Crippen molar-refractivity contribution in [3.63, 3.8) is 0 Å². The fourth-order valence-electron chi connectivity index (χ4n) is 2.41. The Morgan fingerprint density at radius 2 is 2.25 bits per heavy atom. The molecule has 0 aliphatic rings. The van der Waals surface area contributed by atoms with Crippen LogP contribution < -0.4 is 5.56 Å². The summed E-state index contributed by atoms with van der Waals surface area (Å²) in [6, 6.07) is 3.73. The van der Waals surface area contributed by atoms with Crippen molar-refractivity contribution in [2.75, 3.05) is 0 Å². The van der Waals surface area contributed by atoms with Crippen molar-refractivity contribution in [2.45, 2.75) is 17.8 Å². The van der Waals surface area contributed by atoms with Crippen molar-refractivity contribution in [2.24, 2.45) is 7.05 Å². The second kappa shape index (κ2) is 5.91. The summed E-state index contributed by atoms with van der Waals surface area (Å²) in [6.45, 7) is 1.89. The number of hydrogen-bond acceptors (Lipinski definition) is 7. The molecule has 0 aliphatic carbocycles. The second-order valence-electron chi connectivity index (χ2n) is 5.19. The van der Waals surface area contributed by atoms with Gasteiger partial charge >= 0.3 is 0 Å². The number of aryl methyl sites for hydroxylation is 1. The predicted octanol–water partition coefficient (Wildman–Crippen LogP) is 2.97. The lowest BCUT2D eigenvalue weighted by Gasteiger charge is -2.03. The summed E-state index contributed by atoms with van der Waals surface area (Å²) in [4.78, 5) is 19.3. The number of nitrogens with one attached hydrogen (secondary N) is 1. The molecule has 0 fully saturated rings. The van der Waals surface area contributed by atoms with Gasteiger partial charge in [0.05, 0.1) is 23.1 Å². The van der Waals surface area contributed by atoms with Crippen molar-refractivity contribution >= 4 is 33.3 Å². The van der Waals surface area contributed by atoms with Crippen LogP contribution in [0, 0.1) is 6.92 Å². The van der Waals surface area contributed by atoms with E-state index in [0.29, 0.717) is 16.3 Å². The molecule has 0 saturated carbocycles. The Balaban J connectivity index is 1.59. The zero-order valence-corrected chi connectivity index (χ0v) is 14.6. The summed E-state index contributed by atoms with van der Waals surface area (Å²) < 4.78 is 7.88. The van der Waals surface area contributed by atoms with E-state index in [1.807, 2.05) is 36.1 Å². The highest BCUT2D eigenvalue weighted by Crippen LogP contribution is 2.27. The predicted molar refractivity (Wildman–Crippen MR) is 93.2 cm³/mol. The number of aromatic amines is 1. The lowest BCUT2D eigenvalue weighted by Crippen LogP contribution is -2.09. The van der Waals surface area contributed by atoms with E-state index in [0.717, 1.165) is 27.8 Å². The third-order valence-corrected chi connectivity index (χ3v) is 5.57. The SMILES string of the molecule is Cc1occc1-c1nnc(SCc2nc3ccsc3c(=O)[nH]2)n1C. The van der Waals surface area contributed by atoms with Crippen LogP contribution in [-0.2, 0) is 12.8 Å². The first-order chi connectivity index (χ1) is 11.6. The van der Waals surface area contributed by atoms with Gasteiger partial charge in [-0.1, -0.05) is 11.8 Å². The first-order valence-corrected chi connectivity index (χ1v) is 9.03. The monoisotopic (exact) mass is 359 g/mol. The maximum absolute atomic E-state index is 12.0. The van der Waals surface area contributed by atoms with Crippen LogP contribution in [0.5, 0.6) is 0 Å². The van der Waals surface area contributed by atoms with Gasteiger partial charge in [0.25, 0.3) is 5.56 Å². The van der Waals surface area contributed by atoms with E-state index in [2.05, 4.69) is 20.2 Å². The Kier molecular flexibility index (Phi) is 3.73. The van der Waals surface area contributed by atoms with Crippen molar-refractivity contribution in [3.8, 4) is 11.4 Å². The highest BCUT2D eigenvalue weighted by Gasteiger charge is 2.15. The third-order valence-electron chi connectivity index (χ3n) is 3.64. The number of rotatable bonds is 4. The molecule has 122 valence electrons. The molecule has 0 unspecified atom stereocenters. The van der Waals surface area contributed by atoms with E-state index in [9.17, 15) is 4.79 Å². The van der Waals surface area contributed by atoms with Crippen LogP contribution in [0.15, 0.2) is 38.1 Å². The summed E-state index contributed by atoms with van der Waals surface area (Å²) in [5.41, 5.74) is 1.55. The van der Waals surface area contributed by atoms with Gasteiger partial charge in [-0.05, 0) is 24.4 Å². The smallest absolute Gasteiger partial charge is 0.268 e. The molecule has 0 bridgehead atoms. The highest BCUT2D eigenvalue weighted by molar-refractivity contribution is 7.98. The molecule has 4 heterocycles. The minimum atomic E-state index is -0.0988. The molecule has 0 aromatic carbocycles. The van der Waals surface area contributed by atoms with Crippen LogP contribution in [-0.4, -0.2) is 24.7 Å². The van der Waals surface area contributed by atoms with Gasteiger partial charge in [-0.3, -0.25) is 4.79 Å². The van der Waals surface area contributed by atoms with Crippen LogP contribution in [0.4, 0.5) is 0 Å². The Hall–Kier alpha value is -2.39. The first kappa shape index (κ1) is 15.2. The average Bonchev–Trinajstić information content (AvgIpc) is 3.26. The number of hydrogen-bond donors (Lipinski definition) is 1. The third kappa shape index (κ3) is 2.55. The maximum Gasteiger partial charge on any atom is 0.268 e. The minimum Gasteiger partial charge on any atom is -0.469 e. The molecule has 4 aromatic rings. The normalized spacial score (nSPS) is 11.4. The molecular weight excluding hydrogens is 346 g/mol. The Bertz CT molecular complexity index is 1080. The molecule has 0 radical (unpaired) electrons. The molecule has 0 amide bonds. The number of thiophene rings is 1. The fraction of sp³-hybridized carbons (Fsp3) is 0.200. The summed E-state index contributed by atoms with van der Waals surface area (Å²) in [7, 11) is 1.91. The van der Waals surface area contributed by atoms with Gasteiger partial charge in [0, 0.05) is 7.05 Å². The van der Waals surface area contributed by atoms with Crippen LogP contribution in [0.3, 0.4) is 0 Å². The van der Waals surface area contributed by atoms with E-state index >= 15 is 0 Å². The van der Waals surface area contributed by atoms with Crippen LogP contribution in [0.25, 0.3) is 21.6 Å². The topological polar surface area (TPSA) is 89.6 Å². The number of nitrogens with zero attached hydrogens (tertiary/aromatic N) is 4. The van der Waals surface area contributed by atoms with E-state index in [-0.39, 0.29) is 5.56 Å². The molecule has 0 atom stereocenters. The fourth-order valence-corrected chi connectivity index (χ4v) is 3.92. The van der Waals surface area contributed by atoms with Gasteiger partial charge in [0.2, 0.25) is 0 Å². The molecule has 0 spiro atoms. The molecule has 4 aromatic heterocycles. The van der Waals surface area contributed by atoms with Crippen molar-refractivity contribution in [3.05, 3.63) is 45.7 Å². The summed E-state index contributed by atoms with van der Waals surface area (Å²) in [6.07, 6.45) is 1.64. The minimum absolute atomic E-state index is 0.0988. The summed E-state index contributed by atoms with van der Waals surface area (Å²) in [5, 5.41) is 11.1. The van der Waals surface area contributed by atoms with E-state index in [4.69, 9.17) is 4.42 Å². The number of aromatic nitrogens is 5. The molecule has 0 aliphatic heterocycles. The maximum atomic E-state index is 12.0. The summed E-state index contributed by atoms with van der Waals surface area (Å²) in [5.74, 6) is 2.69. The first-order valence-electron chi connectivity index (χ1n) is 7.16. The largest absolute Gasteiger partial charge is 0.469 e. The Morgan fingerprint density at radius 1 is 1.38 bits per heavy atom. The van der Waals surface area contributed by atoms with Crippen molar-refractivity contribution < 1.29 is 4.42 Å². The molecule has 1 N–H and O–H groups in total. The van der Waals surface area contributed by atoms with Gasteiger partial charge in [-0.15, -0.1) is 21.5 Å². The lowest BCUT2D eigenvalue weighted by atomic mass is 10.2. The van der Waals surface area contributed by atoms with Crippen molar-refractivity contribution in [1.82, 2.24) is 24.7 Å². The van der Waals surface area contributed by atoms with Gasteiger partial charge in [0.1, 0.15) is 16.3 Å². The number of fused-ring (bicyclic) bond motifs is 1. The van der Waals surface area contributed by atoms with Crippen LogP contribution in [0.1, 0.15) is 11.6 Å². The molecule has 4 rings (SSSR count). The van der Waals surface area contributed by atoms with Crippen LogP contribution >= 0.6 is 23.1 Å². The van der Waals surface area contributed by atoms with Crippen LogP contribution in [0.2, 0.25) is 0 Å². The van der Waals surface area contributed by atoms with Crippen molar-refractivity contribution in [1.29, 1.82) is 0 Å². The second-order valence-corrected chi connectivity index (χ2v) is 7.05. The molecular formula is C15H13N5O2S2. The van der Waals surface area contributed by atoms with Gasteiger partial charge in [0.15, 0.2) is 11.0 Å². The van der Waals surface area contributed by atoms with Gasteiger partial charge < -0.3 is 14.0 Å². The van der Waals surface area contributed by atoms with E-state index in [1.54, 1.807) is 6.26 Å². The standard InChI is InChI=1S/C15H13N5O2S2/c1-8-9(3-5-22-8)13-18-19-15(20(13)2)24-7-11-16-10-4-6-23-12(10)14(21)17-11/h3-6H,7H2,1-2H3,(H,16,17,21). The zero-order valence-electron chi connectivity index (χ0n) is 12.9. The molecule has 9 heteroatoms. The molecule has 0 saturated heterocycles. The van der Waals surface area contributed by atoms with Gasteiger partial charge in [-0.25, -0.2) is 4.98 Å². The quantitative estimate of drug-likeness (QED) is 0.564. The summed E-state index contributed by atoms with van der Waals surface area (Å²) >= 11 is 2.87. The molecule has 24 heavy (non-hydrogen) atoms. The highest BCUT2D eigenvalue weighted by atomic mass is 32.2. The van der Waals surface area contributed by atoms with Gasteiger partial charge in [-0.2, -0.15) is 0 Å². The molecule has 7 nitrogen and oxygen atoms in total. The number of furan rings is 1. The Labute approximate surface area is 144 Å². The number of H-pyrrole nitrogens is 1.